The van der Waals surface area contributed by atoms with Crippen LogP contribution in [0.2, 0.25) is 0 Å². The average molecular weight is 470 g/mol. The monoisotopic (exact) mass is 469 g/mol. The number of ketones is 1. The summed E-state index contributed by atoms with van der Waals surface area (Å²) in [6, 6.07) is 8.68. The molecule has 5 N–H and O–H groups in total. The van der Waals surface area contributed by atoms with Gasteiger partial charge in [-0.1, -0.05) is 26.0 Å². The number of anilines is 1. The number of ether oxygens (including phenoxy) is 2. The molecule has 0 aliphatic carbocycles. The van der Waals surface area contributed by atoms with Crippen molar-refractivity contribution in [3.8, 4) is 23.0 Å². The molecule has 0 amide bonds. The largest absolute Gasteiger partial charge is 0.504 e. The molecule has 8 nitrogen and oxygen atoms in total. The summed E-state index contributed by atoms with van der Waals surface area (Å²) in [7, 11) is 4.53. The van der Waals surface area contributed by atoms with Gasteiger partial charge in [0.1, 0.15) is 0 Å². The minimum absolute atomic E-state index is 0.0234. The van der Waals surface area contributed by atoms with Gasteiger partial charge in [0.05, 0.1) is 19.9 Å². The Morgan fingerprint density at radius 3 is 2.41 bits per heavy atom. The zero-order chi connectivity index (χ0) is 25.3. The standard InChI is InChI=1S/C26H35N3O5/c1-16(2)19(8-10-20(30)9-6-17-7-11-22(31)23(14-17)33-4)12-18-13-21(29-26(27)28-3)25(32)24(15-18)34-5/h7-8,10-11,13-16,19,31-32H,6,9,12H2,1-5H3,(H3,27,28,29)/t19-/m0/s1. The van der Waals surface area contributed by atoms with Crippen molar-refractivity contribution in [2.24, 2.45) is 22.6 Å². The number of guanidine groups is 1. The van der Waals surface area contributed by atoms with Crippen molar-refractivity contribution in [1.29, 1.82) is 0 Å². The second kappa shape index (κ2) is 12.5. The maximum absolute atomic E-state index is 12.5. The molecule has 0 saturated heterocycles. The molecule has 184 valence electrons. The Morgan fingerprint density at radius 2 is 1.79 bits per heavy atom. The van der Waals surface area contributed by atoms with Gasteiger partial charge in [-0.2, -0.15) is 0 Å². The third-order valence-corrected chi connectivity index (χ3v) is 5.62. The summed E-state index contributed by atoms with van der Waals surface area (Å²) < 4.78 is 10.4. The molecule has 1 atom stereocenters. The number of nitrogens with zero attached hydrogens (tertiary/aromatic N) is 1. The quantitative estimate of drug-likeness (QED) is 0.169. The van der Waals surface area contributed by atoms with Gasteiger partial charge < -0.3 is 30.7 Å². The SMILES string of the molecule is CN=C(N)Nc1cc(C[C@H](C=CC(=O)CCc2ccc(O)c(OC)c2)C(C)C)cc(OC)c1O. The summed E-state index contributed by atoms with van der Waals surface area (Å²) >= 11 is 0. The number of benzene rings is 2. The molecule has 0 aromatic heterocycles. The van der Waals surface area contributed by atoms with E-state index >= 15 is 0 Å². The second-order valence-electron chi connectivity index (χ2n) is 8.37. The number of nitrogens with two attached hydrogens (primary N) is 1. The Balaban J connectivity index is 2.11. The van der Waals surface area contributed by atoms with Gasteiger partial charge >= 0.3 is 0 Å². The number of hydrogen-bond acceptors (Lipinski definition) is 6. The Bertz CT molecular complexity index is 1050. The highest BCUT2D eigenvalue weighted by molar-refractivity contribution is 5.94. The van der Waals surface area contributed by atoms with Gasteiger partial charge in [-0.15, -0.1) is 0 Å². The average Bonchev–Trinajstić information content (AvgIpc) is 2.82. The zero-order valence-corrected chi connectivity index (χ0v) is 20.5. The molecular formula is C26H35N3O5. The minimum atomic E-state index is -0.0458. The molecule has 2 aromatic carbocycles. The number of hydrogen-bond donors (Lipinski definition) is 4. The Kier molecular flexibility index (Phi) is 9.79. The molecule has 0 fully saturated rings. The van der Waals surface area contributed by atoms with Crippen molar-refractivity contribution < 1.29 is 24.5 Å². The van der Waals surface area contributed by atoms with Crippen LogP contribution in [-0.4, -0.2) is 43.2 Å². The van der Waals surface area contributed by atoms with Gasteiger partial charge in [-0.05, 0) is 66.1 Å². The number of methoxy groups -OCH3 is 2. The van der Waals surface area contributed by atoms with Crippen molar-refractivity contribution in [1.82, 2.24) is 0 Å². The predicted molar refractivity (Wildman–Crippen MR) is 135 cm³/mol. The van der Waals surface area contributed by atoms with Crippen LogP contribution in [0.3, 0.4) is 0 Å². The van der Waals surface area contributed by atoms with Gasteiger partial charge in [0.2, 0.25) is 0 Å². The van der Waals surface area contributed by atoms with E-state index in [2.05, 4.69) is 24.2 Å². The highest BCUT2D eigenvalue weighted by Gasteiger charge is 2.16. The van der Waals surface area contributed by atoms with Crippen molar-refractivity contribution in [2.75, 3.05) is 26.6 Å². The zero-order valence-electron chi connectivity index (χ0n) is 20.5. The summed E-state index contributed by atoms with van der Waals surface area (Å²) in [6.07, 6.45) is 5.13. The Labute approximate surface area is 201 Å². The van der Waals surface area contributed by atoms with Gasteiger partial charge in [-0.3, -0.25) is 9.79 Å². The van der Waals surface area contributed by atoms with E-state index in [-0.39, 0.29) is 35.1 Å². The summed E-state index contributed by atoms with van der Waals surface area (Å²) in [5.74, 6) is 1.32. The van der Waals surface area contributed by atoms with Crippen molar-refractivity contribution in [2.45, 2.75) is 33.1 Å². The van der Waals surface area contributed by atoms with Crippen LogP contribution in [0.4, 0.5) is 5.69 Å². The Hall–Kier alpha value is -3.68. The summed E-state index contributed by atoms with van der Waals surface area (Å²) in [5.41, 5.74) is 8.01. The fourth-order valence-electron chi connectivity index (χ4n) is 3.48. The minimum Gasteiger partial charge on any atom is -0.504 e. The van der Waals surface area contributed by atoms with Crippen LogP contribution in [-0.2, 0) is 17.6 Å². The molecule has 0 aliphatic rings. The molecule has 0 saturated carbocycles. The summed E-state index contributed by atoms with van der Waals surface area (Å²) in [4.78, 5) is 16.4. The molecule has 0 heterocycles. The summed E-state index contributed by atoms with van der Waals surface area (Å²) in [6.45, 7) is 4.20. The van der Waals surface area contributed by atoms with Gasteiger partial charge in [-0.25, -0.2) is 0 Å². The number of phenols is 2. The fraction of sp³-hybridized carbons (Fsp3) is 0.385. The number of carbonyl (C=O) groups is 1. The van der Waals surface area contributed by atoms with E-state index in [4.69, 9.17) is 15.2 Å². The van der Waals surface area contributed by atoms with Crippen molar-refractivity contribution >= 4 is 17.4 Å². The molecule has 34 heavy (non-hydrogen) atoms. The molecule has 2 aromatic rings. The van der Waals surface area contributed by atoms with Gasteiger partial charge in [0.15, 0.2) is 34.7 Å². The van der Waals surface area contributed by atoms with Crippen LogP contribution < -0.4 is 20.5 Å². The highest BCUT2D eigenvalue weighted by Crippen LogP contribution is 2.36. The third kappa shape index (κ3) is 7.43. The second-order valence-corrected chi connectivity index (χ2v) is 8.37. The van der Waals surface area contributed by atoms with Gasteiger partial charge in [0.25, 0.3) is 0 Å². The normalized spacial score (nSPS) is 12.7. The van der Waals surface area contributed by atoms with Crippen molar-refractivity contribution in [3.63, 3.8) is 0 Å². The molecule has 8 heteroatoms. The van der Waals surface area contributed by atoms with Crippen molar-refractivity contribution in [3.05, 3.63) is 53.6 Å². The number of allylic oxidation sites excluding steroid dienone is 2. The van der Waals surface area contributed by atoms with Crippen LogP contribution in [0, 0.1) is 11.8 Å². The van der Waals surface area contributed by atoms with E-state index in [1.54, 1.807) is 43.5 Å². The number of phenolic OH excluding ortho intramolecular Hbond substituents is 2. The van der Waals surface area contributed by atoms with E-state index in [0.717, 1.165) is 11.1 Å². The molecular weight excluding hydrogens is 434 g/mol. The predicted octanol–water partition coefficient (Wildman–Crippen LogP) is 4.04. The highest BCUT2D eigenvalue weighted by atomic mass is 16.5. The van der Waals surface area contributed by atoms with E-state index in [0.29, 0.717) is 36.4 Å². The van der Waals surface area contributed by atoms with E-state index < -0.39 is 0 Å². The number of aromatic hydroxyl groups is 2. The first kappa shape index (κ1) is 26.6. The lowest BCUT2D eigenvalue weighted by molar-refractivity contribution is -0.114. The smallest absolute Gasteiger partial charge is 0.192 e. The van der Waals surface area contributed by atoms with E-state index in [9.17, 15) is 15.0 Å². The van der Waals surface area contributed by atoms with Crippen LogP contribution in [0.15, 0.2) is 47.5 Å². The molecule has 2 rings (SSSR count). The number of nitrogens with one attached hydrogen (secondary N) is 1. The summed E-state index contributed by atoms with van der Waals surface area (Å²) in [5, 5.41) is 23.0. The van der Waals surface area contributed by atoms with Gasteiger partial charge in [0, 0.05) is 13.5 Å². The molecule has 0 radical (unpaired) electrons. The number of rotatable bonds is 11. The number of aryl methyl sites for hydroxylation is 1. The fourth-order valence-corrected chi connectivity index (χ4v) is 3.48. The first-order valence-corrected chi connectivity index (χ1v) is 11.1. The topological polar surface area (TPSA) is 126 Å². The third-order valence-electron chi connectivity index (χ3n) is 5.62. The molecule has 0 unspecified atom stereocenters. The number of carbonyl (C=O) groups excluding carboxylic acids is 1. The van der Waals surface area contributed by atoms with Crippen LogP contribution >= 0.6 is 0 Å². The van der Waals surface area contributed by atoms with Crippen LogP contribution in [0.25, 0.3) is 0 Å². The van der Waals surface area contributed by atoms with E-state index in [1.807, 2.05) is 6.08 Å². The maximum atomic E-state index is 12.5. The van der Waals surface area contributed by atoms with Crippen LogP contribution in [0.1, 0.15) is 31.4 Å². The lowest BCUT2D eigenvalue weighted by Gasteiger charge is -2.19. The maximum Gasteiger partial charge on any atom is 0.192 e. The first-order chi connectivity index (χ1) is 16.2. The lowest BCUT2D eigenvalue weighted by atomic mass is 9.88. The lowest BCUT2D eigenvalue weighted by Crippen LogP contribution is -2.22. The molecule has 0 aliphatic heterocycles. The van der Waals surface area contributed by atoms with Crippen LogP contribution in [0.5, 0.6) is 23.0 Å². The molecule has 0 bridgehead atoms. The van der Waals surface area contributed by atoms with E-state index in [1.165, 1.54) is 14.2 Å². The molecule has 0 spiro atoms. The first-order valence-electron chi connectivity index (χ1n) is 11.1. The Morgan fingerprint density at radius 1 is 1.12 bits per heavy atom. The number of aliphatic imine (C=N–C) groups is 1.